The summed E-state index contributed by atoms with van der Waals surface area (Å²) in [6.07, 6.45) is 1.27. The van der Waals surface area contributed by atoms with Gasteiger partial charge in [0.1, 0.15) is 0 Å². The van der Waals surface area contributed by atoms with Crippen LogP contribution >= 0.6 is 0 Å². The van der Waals surface area contributed by atoms with E-state index in [1.165, 1.54) is 6.42 Å². The molecule has 0 amide bonds. The zero-order valence-corrected chi connectivity index (χ0v) is 8.55. The normalized spacial score (nSPS) is 19.4. The SMILES string of the molecule is CCC(C)C(C)C(C)COC. The maximum absolute atomic E-state index is 5.12. The van der Waals surface area contributed by atoms with Gasteiger partial charge in [-0.2, -0.15) is 0 Å². The Morgan fingerprint density at radius 2 is 1.64 bits per heavy atom. The Morgan fingerprint density at radius 1 is 1.09 bits per heavy atom. The molecule has 0 aromatic carbocycles. The fraction of sp³-hybridized carbons (Fsp3) is 1.00. The first-order chi connectivity index (χ1) is 5.13. The Balaban J connectivity index is 3.70. The Hall–Kier alpha value is -0.0400. The van der Waals surface area contributed by atoms with E-state index in [0.29, 0.717) is 5.92 Å². The van der Waals surface area contributed by atoms with Crippen LogP contribution in [-0.4, -0.2) is 13.7 Å². The molecule has 0 saturated heterocycles. The van der Waals surface area contributed by atoms with E-state index in [1.807, 2.05) is 0 Å². The monoisotopic (exact) mass is 158 g/mol. The summed E-state index contributed by atoms with van der Waals surface area (Å²) in [4.78, 5) is 0. The Morgan fingerprint density at radius 3 is 2.00 bits per heavy atom. The maximum atomic E-state index is 5.12. The second-order valence-electron chi connectivity index (χ2n) is 3.68. The Bertz CT molecular complexity index is 90.9. The molecule has 0 aliphatic heterocycles. The van der Waals surface area contributed by atoms with Crippen LogP contribution < -0.4 is 0 Å². The summed E-state index contributed by atoms with van der Waals surface area (Å²) in [6, 6.07) is 0. The van der Waals surface area contributed by atoms with Gasteiger partial charge in [0.15, 0.2) is 0 Å². The number of ether oxygens (including phenoxy) is 1. The molecule has 0 saturated carbocycles. The van der Waals surface area contributed by atoms with Crippen molar-refractivity contribution in [3.63, 3.8) is 0 Å². The third kappa shape index (κ3) is 3.76. The van der Waals surface area contributed by atoms with E-state index in [-0.39, 0.29) is 0 Å². The molecule has 3 atom stereocenters. The summed E-state index contributed by atoms with van der Waals surface area (Å²) in [6.45, 7) is 10.0. The summed E-state index contributed by atoms with van der Waals surface area (Å²) in [7, 11) is 1.78. The van der Waals surface area contributed by atoms with Crippen LogP contribution in [0, 0.1) is 17.8 Å². The van der Waals surface area contributed by atoms with Gasteiger partial charge >= 0.3 is 0 Å². The van der Waals surface area contributed by atoms with E-state index in [4.69, 9.17) is 4.74 Å². The molecule has 0 bridgehead atoms. The van der Waals surface area contributed by atoms with Crippen molar-refractivity contribution in [1.82, 2.24) is 0 Å². The molecule has 0 spiro atoms. The van der Waals surface area contributed by atoms with Gasteiger partial charge in [-0.3, -0.25) is 0 Å². The Labute approximate surface area is 71.1 Å². The highest BCUT2D eigenvalue weighted by Gasteiger charge is 2.16. The molecule has 11 heavy (non-hydrogen) atoms. The molecule has 68 valence electrons. The third-order valence-corrected chi connectivity index (χ3v) is 2.87. The molecule has 0 heterocycles. The fourth-order valence-corrected chi connectivity index (χ4v) is 1.35. The molecule has 0 N–H and O–H groups in total. The largest absolute Gasteiger partial charge is 0.384 e. The van der Waals surface area contributed by atoms with Crippen molar-refractivity contribution < 1.29 is 4.74 Å². The van der Waals surface area contributed by atoms with Crippen LogP contribution in [-0.2, 0) is 4.74 Å². The molecule has 0 aromatic heterocycles. The number of rotatable bonds is 5. The average Bonchev–Trinajstić information content (AvgIpc) is 2.02. The standard InChI is InChI=1S/C10H22O/c1-6-8(2)10(4)9(3)7-11-5/h8-10H,6-7H2,1-5H3. The minimum absolute atomic E-state index is 0.690. The number of hydrogen-bond acceptors (Lipinski definition) is 1. The highest BCUT2D eigenvalue weighted by atomic mass is 16.5. The molecule has 3 unspecified atom stereocenters. The lowest BCUT2D eigenvalue weighted by Gasteiger charge is -2.24. The first kappa shape index (κ1) is 11.0. The summed E-state index contributed by atoms with van der Waals surface area (Å²) < 4.78 is 5.12. The van der Waals surface area contributed by atoms with Gasteiger partial charge < -0.3 is 4.74 Å². The van der Waals surface area contributed by atoms with Gasteiger partial charge in [-0.25, -0.2) is 0 Å². The van der Waals surface area contributed by atoms with Crippen molar-refractivity contribution in [2.75, 3.05) is 13.7 Å². The van der Waals surface area contributed by atoms with Crippen molar-refractivity contribution in [1.29, 1.82) is 0 Å². The van der Waals surface area contributed by atoms with E-state index in [0.717, 1.165) is 18.4 Å². The summed E-state index contributed by atoms with van der Waals surface area (Å²) in [5, 5.41) is 0. The summed E-state index contributed by atoms with van der Waals surface area (Å²) >= 11 is 0. The topological polar surface area (TPSA) is 9.23 Å². The smallest absolute Gasteiger partial charge is 0.0490 e. The van der Waals surface area contributed by atoms with Crippen molar-refractivity contribution in [3.8, 4) is 0 Å². The van der Waals surface area contributed by atoms with Gasteiger partial charge in [0.05, 0.1) is 0 Å². The van der Waals surface area contributed by atoms with Gasteiger partial charge in [-0.1, -0.05) is 34.1 Å². The molecule has 0 radical (unpaired) electrons. The molecular weight excluding hydrogens is 136 g/mol. The number of methoxy groups -OCH3 is 1. The van der Waals surface area contributed by atoms with Gasteiger partial charge in [-0.05, 0) is 17.8 Å². The highest BCUT2D eigenvalue weighted by Crippen LogP contribution is 2.22. The van der Waals surface area contributed by atoms with Gasteiger partial charge in [0, 0.05) is 13.7 Å². The number of hydrogen-bond donors (Lipinski definition) is 0. The van der Waals surface area contributed by atoms with Gasteiger partial charge in [0.2, 0.25) is 0 Å². The predicted octanol–water partition coefficient (Wildman–Crippen LogP) is 2.95. The third-order valence-electron chi connectivity index (χ3n) is 2.87. The average molecular weight is 158 g/mol. The Kier molecular flexibility index (Phi) is 5.57. The van der Waals surface area contributed by atoms with Crippen molar-refractivity contribution in [3.05, 3.63) is 0 Å². The lowest BCUT2D eigenvalue weighted by atomic mass is 9.84. The minimum Gasteiger partial charge on any atom is -0.384 e. The minimum atomic E-state index is 0.690. The van der Waals surface area contributed by atoms with Crippen LogP contribution in [0.15, 0.2) is 0 Å². The zero-order chi connectivity index (χ0) is 8.85. The van der Waals surface area contributed by atoms with Crippen LogP contribution in [0.25, 0.3) is 0 Å². The fourth-order valence-electron chi connectivity index (χ4n) is 1.35. The van der Waals surface area contributed by atoms with Crippen LogP contribution in [0.2, 0.25) is 0 Å². The van der Waals surface area contributed by atoms with E-state index in [2.05, 4.69) is 27.7 Å². The van der Waals surface area contributed by atoms with Gasteiger partial charge in [-0.15, -0.1) is 0 Å². The van der Waals surface area contributed by atoms with Crippen LogP contribution in [0.3, 0.4) is 0 Å². The van der Waals surface area contributed by atoms with Crippen molar-refractivity contribution in [2.24, 2.45) is 17.8 Å². The lowest BCUT2D eigenvalue weighted by Crippen LogP contribution is -2.19. The second-order valence-corrected chi connectivity index (χ2v) is 3.68. The first-order valence-corrected chi connectivity index (χ1v) is 4.62. The van der Waals surface area contributed by atoms with E-state index in [1.54, 1.807) is 7.11 Å². The van der Waals surface area contributed by atoms with Crippen LogP contribution in [0.5, 0.6) is 0 Å². The van der Waals surface area contributed by atoms with Crippen molar-refractivity contribution >= 4 is 0 Å². The van der Waals surface area contributed by atoms with Crippen LogP contribution in [0.4, 0.5) is 0 Å². The molecule has 0 fully saturated rings. The van der Waals surface area contributed by atoms with Crippen molar-refractivity contribution in [2.45, 2.75) is 34.1 Å². The van der Waals surface area contributed by atoms with Crippen LogP contribution in [0.1, 0.15) is 34.1 Å². The summed E-state index contributed by atoms with van der Waals surface area (Å²) in [5.41, 5.74) is 0. The van der Waals surface area contributed by atoms with E-state index in [9.17, 15) is 0 Å². The highest BCUT2D eigenvalue weighted by molar-refractivity contribution is 4.66. The zero-order valence-electron chi connectivity index (χ0n) is 8.55. The van der Waals surface area contributed by atoms with E-state index < -0.39 is 0 Å². The molecule has 1 nitrogen and oxygen atoms in total. The molecule has 0 aromatic rings. The lowest BCUT2D eigenvalue weighted by molar-refractivity contribution is 0.115. The second kappa shape index (κ2) is 5.59. The first-order valence-electron chi connectivity index (χ1n) is 4.62. The molecular formula is C10H22O. The molecule has 1 heteroatoms. The van der Waals surface area contributed by atoms with Gasteiger partial charge in [0.25, 0.3) is 0 Å². The van der Waals surface area contributed by atoms with E-state index >= 15 is 0 Å². The molecule has 0 aliphatic rings. The molecule has 0 rings (SSSR count). The predicted molar refractivity (Wildman–Crippen MR) is 49.7 cm³/mol. The quantitative estimate of drug-likeness (QED) is 0.597. The molecule has 0 aliphatic carbocycles. The maximum Gasteiger partial charge on any atom is 0.0490 e. The summed E-state index contributed by atoms with van der Waals surface area (Å²) in [5.74, 6) is 2.29.